The topological polar surface area (TPSA) is 95.8 Å². The van der Waals surface area contributed by atoms with Crippen LogP contribution in [0.3, 0.4) is 0 Å². The summed E-state index contributed by atoms with van der Waals surface area (Å²) in [5, 5.41) is 11.5. The molecule has 0 atom stereocenters. The Labute approximate surface area is 176 Å². The number of hydrogen-bond donors (Lipinski definition) is 1. The van der Waals surface area contributed by atoms with E-state index in [9.17, 15) is 14.9 Å². The fourth-order valence-corrected chi connectivity index (χ4v) is 3.49. The Kier molecular flexibility index (Phi) is 5.33. The van der Waals surface area contributed by atoms with Gasteiger partial charge < -0.3 is 9.72 Å². The molecule has 0 radical (unpaired) electrons. The maximum absolute atomic E-state index is 12.7. The van der Waals surface area contributed by atoms with Crippen molar-refractivity contribution < 1.29 is 9.53 Å². The predicted octanol–water partition coefficient (Wildman–Crippen LogP) is 4.40. The van der Waals surface area contributed by atoms with Crippen molar-refractivity contribution >= 4 is 28.5 Å². The van der Waals surface area contributed by atoms with Gasteiger partial charge in [0.2, 0.25) is 0 Å². The van der Waals surface area contributed by atoms with Crippen LogP contribution in [0.5, 0.6) is 5.75 Å². The smallest absolute Gasteiger partial charge is 0.344 e. The first-order valence-corrected chi connectivity index (χ1v) is 10.2. The number of fused-ring (bicyclic) bond motifs is 1. The van der Waals surface area contributed by atoms with E-state index in [4.69, 9.17) is 4.74 Å². The Morgan fingerprint density at radius 2 is 1.80 bits per heavy atom. The Morgan fingerprint density at radius 3 is 2.53 bits per heavy atom. The van der Waals surface area contributed by atoms with Crippen molar-refractivity contribution in [3.63, 3.8) is 0 Å². The van der Waals surface area contributed by atoms with Gasteiger partial charge in [0, 0.05) is 5.56 Å². The molecule has 146 valence electrons. The summed E-state index contributed by atoms with van der Waals surface area (Å²) in [6, 6.07) is 21.5. The molecule has 3 aromatic carbocycles. The number of benzene rings is 3. The van der Waals surface area contributed by atoms with Gasteiger partial charge in [0.15, 0.2) is 5.16 Å². The van der Waals surface area contributed by atoms with E-state index in [1.54, 1.807) is 36.6 Å². The van der Waals surface area contributed by atoms with Crippen LogP contribution in [0.4, 0.5) is 0 Å². The van der Waals surface area contributed by atoms with Crippen LogP contribution in [0.1, 0.15) is 15.9 Å². The number of aromatic nitrogens is 2. The van der Waals surface area contributed by atoms with Crippen LogP contribution in [-0.2, 0) is 0 Å². The lowest BCUT2D eigenvalue weighted by Crippen LogP contribution is -2.14. The lowest BCUT2D eigenvalue weighted by Gasteiger charge is -2.09. The molecule has 0 bridgehead atoms. The SMILES string of the molecule is CSc1nc(-c2ccc(OC(=O)c3cccc4ccccc34)cc2)c(C#N)c(=O)[nH]1. The molecule has 0 aliphatic carbocycles. The number of hydrogen-bond acceptors (Lipinski definition) is 6. The number of esters is 1. The molecule has 0 spiro atoms. The molecule has 1 aromatic heterocycles. The molecule has 0 saturated heterocycles. The summed E-state index contributed by atoms with van der Waals surface area (Å²) >= 11 is 1.28. The summed E-state index contributed by atoms with van der Waals surface area (Å²) in [6.07, 6.45) is 1.78. The van der Waals surface area contributed by atoms with E-state index < -0.39 is 11.5 Å². The van der Waals surface area contributed by atoms with Crippen LogP contribution in [0.15, 0.2) is 76.7 Å². The van der Waals surface area contributed by atoms with Gasteiger partial charge in [-0.25, -0.2) is 9.78 Å². The van der Waals surface area contributed by atoms with Gasteiger partial charge in [-0.05, 0) is 47.4 Å². The highest BCUT2D eigenvalue weighted by Crippen LogP contribution is 2.25. The normalized spacial score (nSPS) is 10.5. The van der Waals surface area contributed by atoms with Crippen LogP contribution in [0, 0.1) is 11.3 Å². The maximum Gasteiger partial charge on any atom is 0.344 e. The second-order valence-corrected chi connectivity index (χ2v) is 7.15. The number of nitrogens with one attached hydrogen (secondary N) is 1. The average Bonchev–Trinajstić information content (AvgIpc) is 2.78. The monoisotopic (exact) mass is 413 g/mol. The van der Waals surface area contributed by atoms with E-state index in [-0.39, 0.29) is 11.3 Å². The van der Waals surface area contributed by atoms with Crippen molar-refractivity contribution in [2.45, 2.75) is 5.16 Å². The molecule has 6 nitrogen and oxygen atoms in total. The van der Waals surface area contributed by atoms with Crippen molar-refractivity contribution in [2.75, 3.05) is 6.26 Å². The fraction of sp³-hybridized carbons (Fsp3) is 0.0435. The van der Waals surface area contributed by atoms with E-state index in [2.05, 4.69) is 9.97 Å². The standard InChI is InChI=1S/C23H15N3O3S/c1-30-23-25-20(19(13-24)21(27)26-23)15-9-11-16(12-10-15)29-22(28)18-8-4-6-14-5-2-3-7-17(14)18/h2-12H,1H3,(H,25,26,27). The lowest BCUT2D eigenvalue weighted by atomic mass is 10.0. The zero-order valence-corrected chi connectivity index (χ0v) is 16.7. The van der Waals surface area contributed by atoms with Gasteiger partial charge in [-0.15, -0.1) is 0 Å². The highest BCUT2D eigenvalue weighted by atomic mass is 32.2. The molecular formula is C23H15N3O3S. The highest BCUT2D eigenvalue weighted by molar-refractivity contribution is 7.98. The molecule has 0 fully saturated rings. The third-order valence-electron chi connectivity index (χ3n) is 4.55. The molecule has 1 heterocycles. The van der Waals surface area contributed by atoms with E-state index in [0.717, 1.165) is 10.8 Å². The zero-order valence-electron chi connectivity index (χ0n) is 15.9. The third-order valence-corrected chi connectivity index (χ3v) is 5.13. The second kappa shape index (κ2) is 8.23. The Bertz CT molecular complexity index is 1350. The minimum absolute atomic E-state index is 0.0618. The fourth-order valence-electron chi connectivity index (χ4n) is 3.11. The number of H-pyrrole nitrogens is 1. The number of carbonyl (C=O) groups excluding carboxylic acids is 1. The summed E-state index contributed by atoms with van der Waals surface area (Å²) in [5.41, 5.74) is 0.798. The van der Waals surface area contributed by atoms with Gasteiger partial charge >= 0.3 is 5.97 Å². The van der Waals surface area contributed by atoms with Gasteiger partial charge in [0.1, 0.15) is 17.4 Å². The Morgan fingerprint density at radius 1 is 1.07 bits per heavy atom. The summed E-state index contributed by atoms with van der Waals surface area (Å²) in [7, 11) is 0. The number of aromatic amines is 1. The molecule has 7 heteroatoms. The van der Waals surface area contributed by atoms with Crippen molar-refractivity contribution in [2.24, 2.45) is 0 Å². The molecule has 0 unspecified atom stereocenters. The molecule has 0 amide bonds. The van der Waals surface area contributed by atoms with E-state index in [0.29, 0.717) is 22.0 Å². The van der Waals surface area contributed by atoms with Crippen molar-refractivity contribution in [1.82, 2.24) is 9.97 Å². The second-order valence-electron chi connectivity index (χ2n) is 6.35. The van der Waals surface area contributed by atoms with Gasteiger partial charge in [-0.3, -0.25) is 4.79 Å². The van der Waals surface area contributed by atoms with Crippen molar-refractivity contribution in [3.8, 4) is 23.1 Å². The molecule has 4 aromatic rings. The maximum atomic E-state index is 12.7. The molecule has 0 aliphatic heterocycles. The van der Waals surface area contributed by atoms with E-state index in [1.165, 1.54) is 11.8 Å². The van der Waals surface area contributed by atoms with Gasteiger partial charge in [-0.2, -0.15) is 5.26 Å². The van der Waals surface area contributed by atoms with E-state index in [1.807, 2.05) is 42.5 Å². The molecule has 0 saturated carbocycles. The van der Waals surface area contributed by atoms with Crippen LogP contribution in [0.25, 0.3) is 22.0 Å². The number of rotatable bonds is 4. The molecule has 1 N–H and O–H groups in total. The summed E-state index contributed by atoms with van der Waals surface area (Å²) in [6.45, 7) is 0. The molecule has 0 aliphatic rings. The molecular weight excluding hydrogens is 398 g/mol. The molecule has 4 rings (SSSR count). The first kappa shape index (κ1) is 19.4. The number of nitriles is 1. The summed E-state index contributed by atoms with van der Waals surface area (Å²) in [4.78, 5) is 31.7. The van der Waals surface area contributed by atoms with Gasteiger partial charge in [0.25, 0.3) is 5.56 Å². The minimum Gasteiger partial charge on any atom is -0.423 e. The first-order chi connectivity index (χ1) is 14.6. The van der Waals surface area contributed by atoms with Crippen LogP contribution in [0.2, 0.25) is 0 Å². The Hall–Kier alpha value is -3.89. The zero-order chi connectivity index (χ0) is 21.1. The minimum atomic E-state index is -0.488. The number of carbonyl (C=O) groups is 1. The largest absolute Gasteiger partial charge is 0.423 e. The van der Waals surface area contributed by atoms with Crippen LogP contribution >= 0.6 is 11.8 Å². The summed E-state index contributed by atoms with van der Waals surface area (Å²) in [5.74, 6) is -0.110. The van der Waals surface area contributed by atoms with Crippen molar-refractivity contribution in [3.05, 3.63) is 88.2 Å². The number of thioether (sulfide) groups is 1. The number of ether oxygens (including phenoxy) is 1. The van der Waals surface area contributed by atoms with Crippen LogP contribution < -0.4 is 10.3 Å². The molecule has 30 heavy (non-hydrogen) atoms. The third kappa shape index (κ3) is 3.69. The van der Waals surface area contributed by atoms with Crippen molar-refractivity contribution in [1.29, 1.82) is 5.26 Å². The van der Waals surface area contributed by atoms with Crippen LogP contribution in [-0.4, -0.2) is 22.2 Å². The highest BCUT2D eigenvalue weighted by Gasteiger charge is 2.15. The van der Waals surface area contributed by atoms with Gasteiger partial charge in [-0.1, -0.05) is 48.2 Å². The van der Waals surface area contributed by atoms with E-state index >= 15 is 0 Å². The van der Waals surface area contributed by atoms with Gasteiger partial charge in [0.05, 0.1) is 11.3 Å². The average molecular weight is 413 g/mol. The Balaban J connectivity index is 1.64. The first-order valence-electron chi connectivity index (χ1n) is 8.99. The lowest BCUT2D eigenvalue weighted by molar-refractivity contribution is 0.0737. The number of nitrogens with zero attached hydrogens (tertiary/aromatic N) is 2. The quantitative estimate of drug-likeness (QED) is 0.231. The summed E-state index contributed by atoms with van der Waals surface area (Å²) < 4.78 is 5.53. The predicted molar refractivity (Wildman–Crippen MR) is 116 cm³/mol.